The molecule has 1 aliphatic heterocycles. The highest BCUT2D eigenvalue weighted by Crippen LogP contribution is 2.29. The summed E-state index contributed by atoms with van der Waals surface area (Å²) in [5.41, 5.74) is -1.09. The molecule has 0 aromatic rings. The molecule has 0 bridgehead atoms. The number of carbonyl (C=O) groups excluding carboxylic acids is 3. The fraction of sp³-hybridized carbons (Fsp3) is 0.700. The van der Waals surface area contributed by atoms with E-state index in [2.05, 4.69) is 10.6 Å². The highest BCUT2D eigenvalue weighted by Gasteiger charge is 2.48. The van der Waals surface area contributed by atoms with Crippen molar-refractivity contribution in [2.24, 2.45) is 5.41 Å². The zero-order valence-electron chi connectivity index (χ0n) is 9.46. The average molecular weight is 244 g/mol. The molecule has 0 aromatic carbocycles. The first-order valence-electron chi connectivity index (χ1n) is 5.31. The molecular weight excluding hydrogens is 228 g/mol. The van der Waals surface area contributed by atoms with Gasteiger partial charge in [-0.1, -0.05) is 13.8 Å². The van der Waals surface area contributed by atoms with Crippen molar-refractivity contribution in [1.82, 2.24) is 10.6 Å². The molecular formula is C10H16N2O3S. The molecule has 4 amide bonds. The van der Waals surface area contributed by atoms with Gasteiger partial charge >= 0.3 is 6.03 Å². The molecule has 6 heteroatoms. The molecule has 1 aliphatic rings. The van der Waals surface area contributed by atoms with Gasteiger partial charge in [-0.3, -0.25) is 20.2 Å². The number of barbiturate groups is 1. The Morgan fingerprint density at radius 2 is 1.69 bits per heavy atom. The van der Waals surface area contributed by atoms with Crippen molar-refractivity contribution in [2.75, 3.05) is 11.5 Å². The van der Waals surface area contributed by atoms with Crippen LogP contribution in [0.5, 0.6) is 0 Å². The molecule has 90 valence electrons. The van der Waals surface area contributed by atoms with Crippen LogP contribution in [0.15, 0.2) is 0 Å². The maximum Gasteiger partial charge on any atom is 0.328 e. The van der Waals surface area contributed by atoms with Gasteiger partial charge in [-0.05, 0) is 18.6 Å². The Morgan fingerprint density at radius 1 is 1.12 bits per heavy atom. The summed E-state index contributed by atoms with van der Waals surface area (Å²) in [7, 11) is 0. The summed E-state index contributed by atoms with van der Waals surface area (Å²) < 4.78 is 0. The second kappa shape index (κ2) is 5.34. The molecule has 0 saturated carbocycles. The van der Waals surface area contributed by atoms with E-state index in [0.29, 0.717) is 12.2 Å². The van der Waals surface area contributed by atoms with E-state index < -0.39 is 23.3 Å². The van der Waals surface area contributed by atoms with Gasteiger partial charge in [0, 0.05) is 5.75 Å². The van der Waals surface area contributed by atoms with E-state index >= 15 is 0 Å². The summed E-state index contributed by atoms with van der Waals surface area (Å²) in [6.07, 6.45) is 1.39. The smallest absolute Gasteiger partial charge is 0.277 e. The number of thioether (sulfide) groups is 1. The maximum atomic E-state index is 11.8. The number of hydrogen-bond acceptors (Lipinski definition) is 4. The minimum Gasteiger partial charge on any atom is -0.277 e. The molecule has 1 rings (SSSR count). The summed E-state index contributed by atoms with van der Waals surface area (Å²) in [6, 6.07) is -0.723. The van der Waals surface area contributed by atoms with Gasteiger partial charge in [0.2, 0.25) is 11.8 Å². The van der Waals surface area contributed by atoms with Gasteiger partial charge in [-0.2, -0.15) is 11.8 Å². The Kier molecular flexibility index (Phi) is 4.35. The molecule has 0 aromatic heterocycles. The second-order valence-corrected chi connectivity index (χ2v) is 4.83. The van der Waals surface area contributed by atoms with Crippen molar-refractivity contribution in [3.63, 3.8) is 0 Å². The number of nitrogens with one attached hydrogen (secondary N) is 2. The number of rotatable bonds is 5. The van der Waals surface area contributed by atoms with E-state index in [1.54, 1.807) is 18.7 Å². The quantitative estimate of drug-likeness (QED) is 0.556. The topological polar surface area (TPSA) is 75.3 Å². The largest absolute Gasteiger partial charge is 0.328 e. The Labute approximate surface area is 98.7 Å². The first-order chi connectivity index (χ1) is 7.56. The number of urea groups is 1. The molecule has 0 unspecified atom stereocenters. The van der Waals surface area contributed by atoms with E-state index in [1.807, 2.05) is 6.92 Å². The summed E-state index contributed by atoms with van der Waals surface area (Å²) in [5, 5.41) is 4.31. The fourth-order valence-electron chi connectivity index (χ4n) is 1.52. The summed E-state index contributed by atoms with van der Waals surface area (Å²) in [6.45, 7) is 3.82. The van der Waals surface area contributed by atoms with Crippen molar-refractivity contribution in [3.8, 4) is 0 Å². The third-order valence-electron chi connectivity index (χ3n) is 2.62. The lowest BCUT2D eigenvalue weighted by molar-refractivity contribution is -0.142. The molecule has 1 saturated heterocycles. The van der Waals surface area contributed by atoms with Gasteiger partial charge in [-0.15, -0.1) is 0 Å². The van der Waals surface area contributed by atoms with Crippen LogP contribution in [0, 0.1) is 5.41 Å². The van der Waals surface area contributed by atoms with Gasteiger partial charge < -0.3 is 0 Å². The Hall–Kier alpha value is -1.04. The molecule has 0 spiro atoms. The third-order valence-corrected chi connectivity index (χ3v) is 4.02. The number of amides is 4. The van der Waals surface area contributed by atoms with E-state index in [-0.39, 0.29) is 0 Å². The van der Waals surface area contributed by atoms with Crippen LogP contribution >= 0.6 is 11.8 Å². The Bertz CT molecular complexity index is 297. The number of hydrogen-bond donors (Lipinski definition) is 2. The predicted molar refractivity (Wildman–Crippen MR) is 62.0 cm³/mol. The van der Waals surface area contributed by atoms with E-state index in [0.717, 1.165) is 12.2 Å². The van der Waals surface area contributed by atoms with Crippen LogP contribution < -0.4 is 10.6 Å². The van der Waals surface area contributed by atoms with Crippen molar-refractivity contribution >= 4 is 29.6 Å². The van der Waals surface area contributed by atoms with Crippen LogP contribution in [-0.4, -0.2) is 29.4 Å². The highest BCUT2D eigenvalue weighted by atomic mass is 32.2. The average Bonchev–Trinajstić information content (AvgIpc) is 2.22. The monoisotopic (exact) mass is 244 g/mol. The molecule has 1 heterocycles. The predicted octanol–water partition coefficient (Wildman–Crippen LogP) is 0.892. The van der Waals surface area contributed by atoms with Gasteiger partial charge in [0.25, 0.3) is 0 Å². The molecule has 16 heavy (non-hydrogen) atoms. The van der Waals surface area contributed by atoms with Crippen molar-refractivity contribution in [1.29, 1.82) is 0 Å². The zero-order chi connectivity index (χ0) is 12.2. The standard InChI is InChI=1S/C10H16N2O3S/c1-3-5-16-6-10(4-2)7(13)11-9(15)12-8(10)14/h3-6H2,1-2H3,(H2,11,12,13,14,15). The second-order valence-electron chi connectivity index (χ2n) is 3.73. The van der Waals surface area contributed by atoms with Gasteiger partial charge in [0.15, 0.2) is 0 Å². The molecule has 5 nitrogen and oxygen atoms in total. The highest BCUT2D eigenvalue weighted by molar-refractivity contribution is 7.99. The van der Waals surface area contributed by atoms with Crippen LogP contribution in [0.2, 0.25) is 0 Å². The Morgan fingerprint density at radius 3 is 2.12 bits per heavy atom. The van der Waals surface area contributed by atoms with Crippen LogP contribution in [0.1, 0.15) is 26.7 Å². The minimum absolute atomic E-state index is 0.397. The van der Waals surface area contributed by atoms with Crippen LogP contribution in [0.3, 0.4) is 0 Å². The van der Waals surface area contributed by atoms with Crippen LogP contribution in [-0.2, 0) is 9.59 Å². The van der Waals surface area contributed by atoms with Crippen molar-refractivity contribution in [3.05, 3.63) is 0 Å². The van der Waals surface area contributed by atoms with Gasteiger partial charge in [-0.25, -0.2) is 4.79 Å². The van der Waals surface area contributed by atoms with E-state index in [4.69, 9.17) is 0 Å². The first-order valence-corrected chi connectivity index (χ1v) is 6.47. The lowest BCUT2D eigenvalue weighted by atomic mass is 9.84. The lowest BCUT2D eigenvalue weighted by Gasteiger charge is -2.32. The number of imide groups is 2. The summed E-state index contributed by atoms with van der Waals surface area (Å²) >= 11 is 1.56. The summed E-state index contributed by atoms with van der Waals surface area (Å²) in [5.74, 6) is 0.359. The molecule has 0 atom stereocenters. The molecule has 1 fully saturated rings. The minimum atomic E-state index is -1.09. The molecule has 2 N–H and O–H groups in total. The van der Waals surface area contributed by atoms with Gasteiger partial charge in [0.05, 0.1) is 0 Å². The van der Waals surface area contributed by atoms with E-state index in [1.165, 1.54) is 0 Å². The molecule has 0 aliphatic carbocycles. The SMILES string of the molecule is CCCSCC1(CC)C(=O)NC(=O)NC1=O. The van der Waals surface area contributed by atoms with Crippen molar-refractivity contribution in [2.45, 2.75) is 26.7 Å². The van der Waals surface area contributed by atoms with Crippen LogP contribution in [0.4, 0.5) is 4.79 Å². The summed E-state index contributed by atoms with van der Waals surface area (Å²) in [4.78, 5) is 34.5. The van der Waals surface area contributed by atoms with Gasteiger partial charge in [0.1, 0.15) is 5.41 Å². The first kappa shape index (κ1) is 13.0. The van der Waals surface area contributed by atoms with Crippen molar-refractivity contribution < 1.29 is 14.4 Å². The Balaban J connectivity index is 2.79. The lowest BCUT2D eigenvalue weighted by Crippen LogP contribution is -2.63. The van der Waals surface area contributed by atoms with Crippen LogP contribution in [0.25, 0.3) is 0 Å². The molecule has 0 radical (unpaired) electrons. The third kappa shape index (κ3) is 2.37. The normalized spacial score (nSPS) is 19.2. The number of carbonyl (C=O) groups is 3. The fourth-order valence-corrected chi connectivity index (χ4v) is 2.77. The zero-order valence-corrected chi connectivity index (χ0v) is 10.3. The maximum absolute atomic E-state index is 11.8. The van der Waals surface area contributed by atoms with E-state index in [9.17, 15) is 14.4 Å².